The van der Waals surface area contributed by atoms with Gasteiger partial charge in [0.15, 0.2) is 0 Å². The first kappa shape index (κ1) is 11.3. The van der Waals surface area contributed by atoms with Gasteiger partial charge in [0.05, 0.1) is 0 Å². The van der Waals surface area contributed by atoms with Gasteiger partial charge >= 0.3 is 0 Å². The SMILES string of the molecule is CC1CCCCC1N(C)CCN=[N+]=[N-]. The molecule has 0 aromatic heterocycles. The van der Waals surface area contributed by atoms with Crippen LogP contribution in [0.3, 0.4) is 0 Å². The minimum Gasteiger partial charge on any atom is -0.303 e. The van der Waals surface area contributed by atoms with Gasteiger partial charge in [0.2, 0.25) is 0 Å². The van der Waals surface area contributed by atoms with Crippen LogP contribution in [0.4, 0.5) is 0 Å². The number of hydrogen-bond acceptors (Lipinski definition) is 2. The lowest BCUT2D eigenvalue weighted by molar-refractivity contribution is 0.143. The highest BCUT2D eigenvalue weighted by atomic mass is 15.2. The molecule has 1 fully saturated rings. The maximum Gasteiger partial charge on any atom is 0.0385 e. The van der Waals surface area contributed by atoms with Crippen LogP contribution in [-0.2, 0) is 0 Å². The highest BCUT2D eigenvalue weighted by molar-refractivity contribution is 4.79. The van der Waals surface area contributed by atoms with E-state index < -0.39 is 0 Å². The Morgan fingerprint density at radius 1 is 1.43 bits per heavy atom. The average molecular weight is 196 g/mol. The van der Waals surface area contributed by atoms with Crippen LogP contribution in [-0.4, -0.2) is 31.1 Å². The number of likely N-dealkylation sites (N-methyl/N-ethyl adjacent to an activating group) is 1. The molecule has 0 aromatic rings. The van der Waals surface area contributed by atoms with Crippen molar-refractivity contribution in [2.75, 3.05) is 20.1 Å². The molecule has 80 valence electrons. The van der Waals surface area contributed by atoms with Gasteiger partial charge in [-0.1, -0.05) is 24.9 Å². The van der Waals surface area contributed by atoms with Crippen LogP contribution in [0.2, 0.25) is 0 Å². The molecule has 0 aromatic carbocycles. The molecule has 1 aliphatic carbocycles. The van der Waals surface area contributed by atoms with Crippen molar-refractivity contribution in [3.8, 4) is 0 Å². The number of hydrogen-bond donors (Lipinski definition) is 0. The second-order valence-corrected chi connectivity index (χ2v) is 4.26. The molecule has 0 saturated heterocycles. The fourth-order valence-electron chi connectivity index (χ4n) is 2.36. The smallest absolute Gasteiger partial charge is 0.0385 e. The van der Waals surface area contributed by atoms with E-state index in [-0.39, 0.29) is 0 Å². The highest BCUT2D eigenvalue weighted by Crippen LogP contribution is 2.26. The van der Waals surface area contributed by atoms with Gasteiger partial charge in [0.1, 0.15) is 0 Å². The zero-order chi connectivity index (χ0) is 10.4. The summed E-state index contributed by atoms with van der Waals surface area (Å²) in [6.07, 6.45) is 5.37. The maximum atomic E-state index is 8.18. The fourth-order valence-corrected chi connectivity index (χ4v) is 2.36. The van der Waals surface area contributed by atoms with Crippen LogP contribution < -0.4 is 0 Å². The van der Waals surface area contributed by atoms with Crippen molar-refractivity contribution in [1.82, 2.24) is 4.90 Å². The quantitative estimate of drug-likeness (QED) is 0.387. The Kier molecular flexibility index (Phi) is 4.77. The molecule has 0 radical (unpaired) electrons. The third kappa shape index (κ3) is 3.20. The molecule has 4 nitrogen and oxygen atoms in total. The fraction of sp³-hybridized carbons (Fsp3) is 1.00. The lowest BCUT2D eigenvalue weighted by Crippen LogP contribution is -2.40. The van der Waals surface area contributed by atoms with Gasteiger partial charge in [0.25, 0.3) is 0 Å². The second kappa shape index (κ2) is 5.89. The number of nitrogens with zero attached hydrogens (tertiary/aromatic N) is 4. The van der Waals surface area contributed by atoms with Crippen LogP contribution in [0.25, 0.3) is 10.4 Å². The Morgan fingerprint density at radius 3 is 2.79 bits per heavy atom. The van der Waals surface area contributed by atoms with Crippen LogP contribution in [0.1, 0.15) is 32.6 Å². The molecule has 2 atom stereocenters. The van der Waals surface area contributed by atoms with Gasteiger partial charge in [-0.15, -0.1) is 0 Å². The van der Waals surface area contributed by atoms with E-state index in [1.807, 2.05) is 0 Å². The van der Waals surface area contributed by atoms with Gasteiger partial charge in [-0.2, -0.15) is 0 Å². The maximum absolute atomic E-state index is 8.18. The molecule has 0 aliphatic heterocycles. The Hall–Kier alpha value is -0.730. The van der Waals surface area contributed by atoms with Crippen molar-refractivity contribution in [3.05, 3.63) is 10.4 Å². The Balaban J connectivity index is 2.33. The summed E-state index contributed by atoms with van der Waals surface area (Å²) in [4.78, 5) is 5.12. The molecule has 0 bridgehead atoms. The van der Waals surface area contributed by atoms with Gasteiger partial charge in [0, 0.05) is 24.0 Å². The Morgan fingerprint density at radius 2 is 2.14 bits per heavy atom. The van der Waals surface area contributed by atoms with Crippen molar-refractivity contribution < 1.29 is 0 Å². The first-order valence-electron chi connectivity index (χ1n) is 5.47. The monoisotopic (exact) mass is 196 g/mol. The average Bonchev–Trinajstić information content (AvgIpc) is 2.18. The Labute approximate surface area is 85.9 Å². The van der Waals surface area contributed by atoms with E-state index >= 15 is 0 Å². The van der Waals surface area contributed by atoms with Crippen molar-refractivity contribution in [2.45, 2.75) is 38.6 Å². The Bertz CT molecular complexity index is 210. The summed E-state index contributed by atoms with van der Waals surface area (Å²) in [5.41, 5.74) is 8.18. The summed E-state index contributed by atoms with van der Waals surface area (Å²) in [5.74, 6) is 0.791. The number of rotatable bonds is 4. The first-order valence-corrected chi connectivity index (χ1v) is 5.47. The lowest BCUT2D eigenvalue weighted by atomic mass is 9.85. The number of azide groups is 1. The van der Waals surface area contributed by atoms with Crippen LogP contribution in [0, 0.1) is 5.92 Å². The van der Waals surface area contributed by atoms with E-state index in [1.165, 1.54) is 25.7 Å². The van der Waals surface area contributed by atoms with E-state index in [0.717, 1.165) is 12.5 Å². The van der Waals surface area contributed by atoms with Crippen LogP contribution >= 0.6 is 0 Å². The molecule has 2 unspecified atom stereocenters. The molecule has 0 amide bonds. The molecule has 0 spiro atoms. The van der Waals surface area contributed by atoms with E-state index in [9.17, 15) is 0 Å². The molecule has 1 aliphatic rings. The van der Waals surface area contributed by atoms with E-state index in [1.54, 1.807) is 0 Å². The van der Waals surface area contributed by atoms with Crippen molar-refractivity contribution in [3.63, 3.8) is 0 Å². The molecule has 1 saturated carbocycles. The highest BCUT2D eigenvalue weighted by Gasteiger charge is 2.24. The zero-order valence-corrected chi connectivity index (χ0v) is 9.19. The largest absolute Gasteiger partial charge is 0.303 e. The summed E-state index contributed by atoms with van der Waals surface area (Å²) in [6, 6.07) is 0.692. The molecule has 4 heteroatoms. The third-order valence-corrected chi connectivity index (χ3v) is 3.25. The topological polar surface area (TPSA) is 52.0 Å². The third-order valence-electron chi connectivity index (χ3n) is 3.25. The van der Waals surface area contributed by atoms with Gasteiger partial charge in [-0.3, -0.25) is 0 Å². The van der Waals surface area contributed by atoms with E-state index in [4.69, 9.17) is 5.53 Å². The van der Waals surface area contributed by atoms with Crippen LogP contribution in [0.5, 0.6) is 0 Å². The van der Waals surface area contributed by atoms with Crippen LogP contribution in [0.15, 0.2) is 5.11 Å². The molecule has 0 N–H and O–H groups in total. The zero-order valence-electron chi connectivity index (χ0n) is 9.19. The molecule has 0 heterocycles. The summed E-state index contributed by atoms with van der Waals surface area (Å²) >= 11 is 0. The minimum atomic E-state index is 0.593. The van der Waals surface area contributed by atoms with Gasteiger partial charge < -0.3 is 4.90 Å². The molecule has 14 heavy (non-hydrogen) atoms. The summed E-state index contributed by atoms with van der Waals surface area (Å²) in [5, 5.41) is 3.57. The predicted octanol–water partition coefficient (Wildman–Crippen LogP) is 2.81. The summed E-state index contributed by atoms with van der Waals surface area (Å²) in [7, 11) is 2.14. The molecular formula is C10H20N4. The minimum absolute atomic E-state index is 0.593. The van der Waals surface area contributed by atoms with Gasteiger partial charge in [-0.05, 0) is 31.3 Å². The van der Waals surface area contributed by atoms with Gasteiger partial charge in [-0.25, -0.2) is 0 Å². The summed E-state index contributed by atoms with van der Waals surface area (Å²) in [6.45, 7) is 3.81. The standard InChI is InChI=1S/C10H20N4/c1-9-5-3-4-6-10(9)14(2)8-7-12-13-11/h9-10H,3-8H2,1-2H3. The molecule has 1 rings (SSSR count). The van der Waals surface area contributed by atoms with Crippen molar-refractivity contribution in [2.24, 2.45) is 11.0 Å². The lowest BCUT2D eigenvalue weighted by Gasteiger charge is -2.36. The first-order chi connectivity index (χ1) is 6.75. The normalized spacial score (nSPS) is 27.4. The van der Waals surface area contributed by atoms with E-state index in [0.29, 0.717) is 12.6 Å². The van der Waals surface area contributed by atoms with Crippen molar-refractivity contribution in [1.29, 1.82) is 0 Å². The molecular weight excluding hydrogens is 176 g/mol. The second-order valence-electron chi connectivity index (χ2n) is 4.26. The van der Waals surface area contributed by atoms with Crippen molar-refractivity contribution >= 4 is 0 Å². The summed E-state index contributed by atoms with van der Waals surface area (Å²) < 4.78 is 0. The predicted molar refractivity (Wildman–Crippen MR) is 58.1 cm³/mol. The van der Waals surface area contributed by atoms with E-state index in [2.05, 4.69) is 28.9 Å².